The summed E-state index contributed by atoms with van der Waals surface area (Å²) >= 11 is 6.13. The first-order valence-corrected chi connectivity index (χ1v) is 15.8. The lowest BCUT2D eigenvalue weighted by Gasteiger charge is -2.31. The van der Waals surface area contributed by atoms with Gasteiger partial charge in [-0.3, -0.25) is 4.79 Å². The molecule has 45 heavy (non-hydrogen) atoms. The van der Waals surface area contributed by atoms with Crippen molar-refractivity contribution in [2.75, 3.05) is 13.2 Å². The Bertz CT molecular complexity index is 1490. The standard InChI is InChI=1S/C34H39ClN4O6/c1-21(2)33(39-34(44)25-14-24-15-26(35)7-8-32(24)45-20-25)31(19-43)38-28(13-22-5-3-4-6-22)30(18-42)37-27(10-12-40)16-23-9-11-36-29(23)17-41/h7-8,10,14-15,21-23,27-28,33,36-38H,3-6,9,11,13,16,20H2,1-2H3,(H,39,44)/t23-,27?,28?,33?/m0/s1. The van der Waals surface area contributed by atoms with Crippen LogP contribution in [0.2, 0.25) is 5.02 Å². The summed E-state index contributed by atoms with van der Waals surface area (Å²) in [6, 6.07) is 3.12. The smallest absolute Gasteiger partial charge is 0.251 e. The maximum Gasteiger partial charge on any atom is 0.251 e. The lowest BCUT2D eigenvalue weighted by atomic mass is 9.93. The molecule has 238 valence electrons. The maximum absolute atomic E-state index is 13.4. The summed E-state index contributed by atoms with van der Waals surface area (Å²) in [5.74, 6) is 7.82. The monoisotopic (exact) mass is 634 g/mol. The molecule has 1 aromatic rings. The van der Waals surface area contributed by atoms with Crippen molar-refractivity contribution in [3.05, 3.63) is 57.5 Å². The van der Waals surface area contributed by atoms with Crippen molar-refractivity contribution in [1.29, 1.82) is 0 Å². The van der Waals surface area contributed by atoms with E-state index in [1.807, 2.05) is 31.7 Å². The number of carbonyl (C=O) groups is 1. The number of hydrogen-bond acceptors (Lipinski definition) is 9. The van der Waals surface area contributed by atoms with Gasteiger partial charge in [-0.25, -0.2) is 19.2 Å². The van der Waals surface area contributed by atoms with Crippen LogP contribution >= 0.6 is 11.6 Å². The van der Waals surface area contributed by atoms with Crippen LogP contribution in [0.15, 0.2) is 46.9 Å². The fraction of sp³-hybridized carbons (Fsp3) is 0.500. The molecule has 1 saturated carbocycles. The summed E-state index contributed by atoms with van der Waals surface area (Å²) in [4.78, 5) is 61.1. The highest BCUT2D eigenvalue weighted by Crippen LogP contribution is 2.31. The Hall–Kier alpha value is -4.28. The van der Waals surface area contributed by atoms with Gasteiger partial charge in [0, 0.05) is 29.1 Å². The zero-order chi connectivity index (χ0) is 32.3. The van der Waals surface area contributed by atoms with E-state index < -0.39 is 24.0 Å². The highest BCUT2D eigenvalue weighted by molar-refractivity contribution is 6.30. The zero-order valence-electron chi connectivity index (χ0n) is 25.5. The number of allylic oxidation sites excluding steroid dienone is 1. The van der Waals surface area contributed by atoms with Gasteiger partial charge in [-0.2, -0.15) is 0 Å². The number of rotatable bonds is 14. The minimum Gasteiger partial charge on any atom is -0.488 e. The normalized spacial score (nSPS) is 19.2. The van der Waals surface area contributed by atoms with Crippen molar-refractivity contribution in [1.82, 2.24) is 21.3 Å². The van der Waals surface area contributed by atoms with Gasteiger partial charge >= 0.3 is 0 Å². The number of benzene rings is 1. The van der Waals surface area contributed by atoms with Gasteiger partial charge in [-0.05, 0) is 55.4 Å². The van der Waals surface area contributed by atoms with Crippen molar-refractivity contribution in [3.63, 3.8) is 0 Å². The van der Waals surface area contributed by atoms with E-state index in [1.165, 1.54) is 6.08 Å². The molecule has 4 N–H and O–H groups in total. The number of fused-ring (bicyclic) bond motifs is 1. The van der Waals surface area contributed by atoms with Crippen LogP contribution in [-0.2, 0) is 24.0 Å². The summed E-state index contributed by atoms with van der Waals surface area (Å²) in [6.07, 6.45) is 8.67. The second-order valence-corrected chi connectivity index (χ2v) is 12.6. The molecule has 4 rings (SSSR count). The third-order valence-corrected chi connectivity index (χ3v) is 8.89. The van der Waals surface area contributed by atoms with Gasteiger partial charge in [-0.1, -0.05) is 51.1 Å². The van der Waals surface area contributed by atoms with E-state index in [0.29, 0.717) is 59.3 Å². The van der Waals surface area contributed by atoms with E-state index in [0.717, 1.165) is 25.7 Å². The Balaban J connectivity index is 1.55. The molecular weight excluding hydrogens is 596 g/mol. The molecule has 0 bridgehead atoms. The van der Waals surface area contributed by atoms with Gasteiger partial charge in [0.2, 0.25) is 0 Å². The van der Waals surface area contributed by atoms with Crippen LogP contribution in [0.25, 0.3) is 6.08 Å². The molecule has 2 aliphatic heterocycles. The third-order valence-electron chi connectivity index (χ3n) is 8.66. The molecule has 10 nitrogen and oxygen atoms in total. The predicted octanol–water partition coefficient (Wildman–Crippen LogP) is 3.29. The van der Waals surface area contributed by atoms with Crippen molar-refractivity contribution < 1.29 is 28.7 Å². The lowest BCUT2D eigenvalue weighted by Crippen LogP contribution is -2.49. The summed E-state index contributed by atoms with van der Waals surface area (Å²) in [5, 5.41) is 12.8. The molecule has 1 saturated heterocycles. The Kier molecular flexibility index (Phi) is 12.1. The zero-order valence-corrected chi connectivity index (χ0v) is 26.3. The van der Waals surface area contributed by atoms with Crippen LogP contribution in [0.4, 0.5) is 0 Å². The average Bonchev–Trinajstić information content (AvgIpc) is 3.72. The number of carbonyl (C=O) groups excluding carboxylic acids is 5. The third kappa shape index (κ3) is 8.89. The van der Waals surface area contributed by atoms with Crippen molar-refractivity contribution in [3.8, 4) is 5.75 Å². The van der Waals surface area contributed by atoms with Crippen LogP contribution in [0, 0.1) is 17.8 Å². The number of hydrogen-bond donors (Lipinski definition) is 4. The van der Waals surface area contributed by atoms with Crippen LogP contribution in [-0.4, -0.2) is 60.9 Å². The largest absolute Gasteiger partial charge is 0.488 e. The Morgan fingerprint density at radius 1 is 1.04 bits per heavy atom. The Morgan fingerprint density at radius 3 is 2.47 bits per heavy atom. The van der Waals surface area contributed by atoms with Gasteiger partial charge in [0.1, 0.15) is 47.5 Å². The van der Waals surface area contributed by atoms with E-state index in [4.69, 9.17) is 16.3 Å². The molecule has 1 amide bonds. The second-order valence-electron chi connectivity index (χ2n) is 12.1. The quantitative estimate of drug-likeness (QED) is 0.227. The highest BCUT2D eigenvalue weighted by Gasteiger charge is 2.32. The van der Waals surface area contributed by atoms with Crippen molar-refractivity contribution in [2.45, 2.75) is 76.9 Å². The van der Waals surface area contributed by atoms with E-state index in [9.17, 15) is 24.0 Å². The molecule has 11 heteroatoms. The van der Waals surface area contributed by atoms with E-state index in [2.05, 4.69) is 21.3 Å². The number of ether oxygens (including phenoxy) is 1. The molecule has 0 aromatic heterocycles. The fourth-order valence-corrected chi connectivity index (χ4v) is 6.45. The summed E-state index contributed by atoms with van der Waals surface area (Å²) in [6.45, 7) is 4.40. The summed E-state index contributed by atoms with van der Waals surface area (Å²) in [7, 11) is 0. The topological polar surface area (TPSA) is 143 Å². The summed E-state index contributed by atoms with van der Waals surface area (Å²) < 4.78 is 5.74. The SMILES string of the molecule is CC(C)C(NC(=O)C1=Cc2cc(Cl)ccc2OC1)C(=C=O)NC(CC1CCCC1)C(=C=O)NC(C=C=O)C[C@@H]1CCNC1=C=O. The molecule has 2 heterocycles. The van der Waals surface area contributed by atoms with Crippen LogP contribution < -0.4 is 26.0 Å². The second kappa shape index (κ2) is 16.2. The number of nitrogens with one attached hydrogen (secondary N) is 4. The molecule has 2 fully saturated rings. The van der Waals surface area contributed by atoms with Crippen molar-refractivity contribution >= 4 is 47.3 Å². The number of amides is 1. The molecule has 1 aliphatic carbocycles. The molecule has 0 spiro atoms. The van der Waals surface area contributed by atoms with Gasteiger partial charge in [-0.15, -0.1) is 0 Å². The van der Waals surface area contributed by atoms with Crippen LogP contribution in [0.3, 0.4) is 0 Å². The average molecular weight is 635 g/mol. The predicted molar refractivity (Wildman–Crippen MR) is 171 cm³/mol. The lowest BCUT2D eigenvalue weighted by molar-refractivity contribution is -0.118. The van der Waals surface area contributed by atoms with Gasteiger partial charge < -0.3 is 26.0 Å². The van der Waals surface area contributed by atoms with Gasteiger partial charge in [0.25, 0.3) is 5.91 Å². The first kappa shape index (κ1) is 33.6. The van der Waals surface area contributed by atoms with E-state index in [-0.39, 0.29) is 29.8 Å². The first-order chi connectivity index (χ1) is 21.8. The van der Waals surface area contributed by atoms with Crippen LogP contribution in [0.5, 0.6) is 5.75 Å². The molecule has 3 aliphatic rings. The van der Waals surface area contributed by atoms with E-state index >= 15 is 0 Å². The maximum atomic E-state index is 13.4. The van der Waals surface area contributed by atoms with Gasteiger partial charge in [0.15, 0.2) is 0 Å². The molecule has 3 unspecified atom stereocenters. The first-order valence-electron chi connectivity index (χ1n) is 15.4. The minimum absolute atomic E-state index is 0.0499. The summed E-state index contributed by atoms with van der Waals surface area (Å²) in [5.41, 5.74) is 1.71. The van der Waals surface area contributed by atoms with E-state index in [1.54, 1.807) is 30.2 Å². The Labute approximate surface area is 268 Å². The van der Waals surface area contributed by atoms with Gasteiger partial charge in [0.05, 0.1) is 29.4 Å². The van der Waals surface area contributed by atoms with Crippen molar-refractivity contribution in [2.24, 2.45) is 17.8 Å². The highest BCUT2D eigenvalue weighted by atomic mass is 35.5. The number of halogens is 1. The molecule has 4 atom stereocenters. The van der Waals surface area contributed by atoms with Crippen LogP contribution in [0.1, 0.15) is 64.4 Å². The molecule has 0 radical (unpaired) electrons. The Morgan fingerprint density at radius 2 is 1.80 bits per heavy atom. The minimum atomic E-state index is -0.758. The molecule has 1 aromatic carbocycles. The fourth-order valence-electron chi connectivity index (χ4n) is 6.27. The molecular formula is C34H39ClN4O6.